The van der Waals surface area contributed by atoms with Gasteiger partial charge in [-0.1, -0.05) is 30.3 Å². The molecule has 5 heterocycles. The maximum Gasteiger partial charge on any atom is 0.319 e. The van der Waals surface area contributed by atoms with Crippen molar-refractivity contribution in [3.8, 4) is 22.9 Å². The summed E-state index contributed by atoms with van der Waals surface area (Å²) in [5.41, 5.74) is 2.73. The number of carbonyl (C=O) groups excluding carboxylic acids is 1. The van der Waals surface area contributed by atoms with Gasteiger partial charge in [-0.2, -0.15) is 9.97 Å². The second kappa shape index (κ2) is 11.3. The molecule has 45 heavy (non-hydrogen) atoms. The fourth-order valence-corrected chi connectivity index (χ4v) is 7.50. The van der Waals surface area contributed by atoms with Crippen LogP contribution in [0.4, 0.5) is 5.82 Å². The Hall–Kier alpha value is -4.70. The Labute approximate surface area is 261 Å². The zero-order valence-electron chi connectivity index (χ0n) is 25.4. The van der Waals surface area contributed by atoms with Gasteiger partial charge in [-0.3, -0.25) is 4.79 Å². The van der Waals surface area contributed by atoms with E-state index in [0.29, 0.717) is 38.3 Å². The monoisotopic (exact) mass is 603 g/mol. The number of likely N-dealkylation sites (tertiary alicyclic amines) is 2. The molecule has 3 aliphatic heterocycles. The van der Waals surface area contributed by atoms with Gasteiger partial charge in [0.1, 0.15) is 24.7 Å². The third kappa shape index (κ3) is 5.22. The second-order valence-electron chi connectivity index (χ2n) is 12.7. The van der Waals surface area contributed by atoms with E-state index in [2.05, 4.69) is 46.1 Å². The number of phenols is 1. The smallest absolute Gasteiger partial charge is 0.319 e. The molecule has 2 unspecified atom stereocenters. The molecule has 0 aliphatic carbocycles. The highest BCUT2D eigenvalue weighted by Crippen LogP contribution is 2.40. The van der Waals surface area contributed by atoms with Crippen LogP contribution in [0, 0.1) is 0 Å². The first-order valence-electron chi connectivity index (χ1n) is 15.9. The Morgan fingerprint density at radius 1 is 1.00 bits per heavy atom. The average molecular weight is 604 g/mol. The van der Waals surface area contributed by atoms with E-state index >= 15 is 0 Å². The largest absolute Gasteiger partial charge is 0.508 e. The van der Waals surface area contributed by atoms with Crippen LogP contribution >= 0.6 is 0 Å². The number of carbonyl (C=O) groups is 1. The number of rotatable bonds is 7. The van der Waals surface area contributed by atoms with E-state index in [1.54, 1.807) is 18.6 Å². The number of aromatic hydroxyl groups is 1. The van der Waals surface area contributed by atoms with Gasteiger partial charge in [0.25, 0.3) is 0 Å². The third-order valence-electron chi connectivity index (χ3n) is 9.85. The first-order chi connectivity index (χ1) is 22.0. The lowest BCUT2D eigenvalue weighted by molar-refractivity contribution is -0.132. The molecule has 8 rings (SSSR count). The molecule has 230 valence electrons. The average Bonchev–Trinajstić information content (AvgIpc) is 3.78. The highest BCUT2D eigenvalue weighted by atomic mass is 16.5. The van der Waals surface area contributed by atoms with Crippen LogP contribution in [0.3, 0.4) is 0 Å². The van der Waals surface area contributed by atoms with E-state index in [-0.39, 0.29) is 23.7 Å². The van der Waals surface area contributed by atoms with Crippen LogP contribution in [-0.2, 0) is 11.3 Å². The summed E-state index contributed by atoms with van der Waals surface area (Å²) >= 11 is 0. The second-order valence-corrected chi connectivity index (χ2v) is 12.7. The maximum atomic E-state index is 13.2. The number of anilines is 1. The lowest BCUT2D eigenvalue weighted by Gasteiger charge is -2.42. The van der Waals surface area contributed by atoms with Crippen molar-refractivity contribution in [1.82, 2.24) is 29.3 Å². The molecule has 1 N–H and O–H groups in total. The van der Waals surface area contributed by atoms with Crippen molar-refractivity contribution >= 4 is 33.4 Å². The van der Waals surface area contributed by atoms with Gasteiger partial charge in [-0.25, -0.2) is 4.98 Å². The van der Waals surface area contributed by atoms with Crippen molar-refractivity contribution in [2.24, 2.45) is 0 Å². The maximum absolute atomic E-state index is 13.2. The SMILES string of the molecule is CN1CCC[C@H]1COc1nc(N2C3CCC2CN(C(=O)Cn2ccnc2)C3)c2ccc(-c3cc(O)cc4ccccc34)cc2n1. The Balaban J connectivity index is 1.16. The highest BCUT2D eigenvalue weighted by molar-refractivity contribution is 6.01. The van der Waals surface area contributed by atoms with Crippen molar-refractivity contribution < 1.29 is 14.6 Å². The van der Waals surface area contributed by atoms with Gasteiger partial charge < -0.3 is 29.1 Å². The molecule has 2 aromatic heterocycles. The summed E-state index contributed by atoms with van der Waals surface area (Å²) < 4.78 is 8.17. The predicted octanol–water partition coefficient (Wildman–Crippen LogP) is 4.70. The molecule has 0 saturated carbocycles. The van der Waals surface area contributed by atoms with E-state index in [1.807, 2.05) is 39.9 Å². The van der Waals surface area contributed by atoms with Crippen LogP contribution in [0.15, 0.2) is 73.3 Å². The summed E-state index contributed by atoms with van der Waals surface area (Å²) in [7, 11) is 2.14. The number of ether oxygens (including phenoxy) is 1. The summed E-state index contributed by atoms with van der Waals surface area (Å²) in [6, 6.07) is 19.0. The lowest BCUT2D eigenvalue weighted by atomic mass is 9.97. The van der Waals surface area contributed by atoms with Crippen molar-refractivity contribution in [3.05, 3.63) is 73.3 Å². The lowest BCUT2D eigenvalue weighted by Crippen LogP contribution is -2.56. The molecule has 0 spiro atoms. The molecular weight excluding hydrogens is 566 g/mol. The van der Waals surface area contributed by atoms with Gasteiger partial charge in [0, 0.05) is 49.0 Å². The summed E-state index contributed by atoms with van der Waals surface area (Å²) in [4.78, 5) is 34.1. The third-order valence-corrected chi connectivity index (χ3v) is 9.85. The molecule has 10 nitrogen and oxygen atoms in total. The highest BCUT2D eigenvalue weighted by Gasteiger charge is 2.43. The number of piperazine rings is 1. The van der Waals surface area contributed by atoms with Crippen molar-refractivity contribution in [1.29, 1.82) is 0 Å². The number of hydrogen-bond donors (Lipinski definition) is 1. The molecule has 3 saturated heterocycles. The van der Waals surface area contributed by atoms with Gasteiger partial charge in [0.2, 0.25) is 5.91 Å². The molecule has 3 fully saturated rings. The summed E-state index contributed by atoms with van der Waals surface area (Å²) in [5, 5.41) is 13.6. The van der Waals surface area contributed by atoms with Crippen molar-refractivity contribution in [2.75, 3.05) is 38.2 Å². The summed E-state index contributed by atoms with van der Waals surface area (Å²) in [6.07, 6.45) is 9.49. The number of hydrogen-bond acceptors (Lipinski definition) is 8. The van der Waals surface area contributed by atoms with Crippen LogP contribution < -0.4 is 9.64 Å². The predicted molar refractivity (Wildman–Crippen MR) is 173 cm³/mol. The van der Waals surface area contributed by atoms with Crippen molar-refractivity contribution in [3.63, 3.8) is 0 Å². The standard InChI is InChI=1S/C35H37N7O3/c1-39-13-4-6-27(39)21-45-35-37-32-16-24(31-17-28(43)15-23-5-2-3-7-29(23)31)8-11-30(32)34(38-35)42-25-9-10-26(42)19-41(18-25)33(44)20-40-14-12-36-22-40/h2-3,5,7-8,11-12,14-17,22,25-27,43H,4,6,9-10,13,18-21H2,1H3/t25?,26?,27-/m0/s1. The van der Waals surface area contributed by atoms with Crippen molar-refractivity contribution in [2.45, 2.75) is 50.4 Å². The minimum Gasteiger partial charge on any atom is -0.508 e. The number of amides is 1. The molecular formula is C35H37N7O3. The van der Waals surface area contributed by atoms with Crippen LogP contribution in [-0.4, -0.2) is 91.7 Å². The Morgan fingerprint density at radius 2 is 1.84 bits per heavy atom. The molecule has 2 bridgehead atoms. The van der Waals surface area contributed by atoms with E-state index in [9.17, 15) is 9.90 Å². The van der Waals surface area contributed by atoms with Gasteiger partial charge in [-0.15, -0.1) is 0 Å². The van der Waals surface area contributed by atoms with Gasteiger partial charge >= 0.3 is 6.01 Å². The van der Waals surface area contributed by atoms with Crippen LogP contribution in [0.1, 0.15) is 25.7 Å². The number of imidazole rings is 1. The van der Waals surface area contributed by atoms with Crippen LogP contribution in [0.25, 0.3) is 32.8 Å². The van der Waals surface area contributed by atoms with E-state index < -0.39 is 0 Å². The fourth-order valence-electron chi connectivity index (χ4n) is 7.50. The molecule has 3 aromatic carbocycles. The number of aromatic nitrogens is 4. The molecule has 0 radical (unpaired) electrons. The number of phenolic OH excluding ortho intramolecular Hbond substituents is 1. The van der Waals surface area contributed by atoms with E-state index in [4.69, 9.17) is 14.7 Å². The number of fused-ring (bicyclic) bond motifs is 4. The minimum absolute atomic E-state index is 0.116. The van der Waals surface area contributed by atoms with Crippen LogP contribution in [0.5, 0.6) is 11.8 Å². The molecule has 10 heteroatoms. The van der Waals surface area contributed by atoms with E-state index in [1.165, 1.54) is 6.42 Å². The molecule has 1 amide bonds. The Morgan fingerprint density at radius 3 is 2.62 bits per heavy atom. The summed E-state index contributed by atoms with van der Waals surface area (Å²) in [6.45, 7) is 3.24. The first kappa shape index (κ1) is 27.8. The van der Waals surface area contributed by atoms with Gasteiger partial charge in [-0.05, 0) is 85.4 Å². The molecule has 5 aromatic rings. The minimum atomic E-state index is 0.116. The molecule has 3 atom stereocenters. The topological polar surface area (TPSA) is 99.9 Å². The van der Waals surface area contributed by atoms with Gasteiger partial charge in [0.05, 0.1) is 11.8 Å². The number of likely N-dealkylation sites (N-methyl/N-ethyl adjacent to an activating group) is 1. The number of nitrogens with zero attached hydrogens (tertiary/aromatic N) is 7. The molecule has 3 aliphatic rings. The Kier molecular flexibility index (Phi) is 7.01. The zero-order valence-corrected chi connectivity index (χ0v) is 25.4. The van der Waals surface area contributed by atoms with E-state index in [0.717, 1.165) is 64.4 Å². The quantitative estimate of drug-likeness (QED) is 0.286. The normalized spacial score (nSPS) is 21.7. The first-order valence-corrected chi connectivity index (χ1v) is 15.9. The van der Waals surface area contributed by atoms with Gasteiger partial charge in [0.15, 0.2) is 0 Å². The van der Waals surface area contributed by atoms with Crippen LogP contribution in [0.2, 0.25) is 0 Å². The summed E-state index contributed by atoms with van der Waals surface area (Å²) in [5.74, 6) is 1.22. The zero-order chi connectivity index (χ0) is 30.5. The Bertz CT molecular complexity index is 1860. The fraction of sp³-hybridized carbons (Fsp3) is 0.371. The number of benzene rings is 3.